The molecule has 1 heterocycles. The van der Waals surface area contributed by atoms with Gasteiger partial charge in [0.25, 0.3) is 11.5 Å². The Balaban J connectivity index is 1.92. The number of carbonyl (C=O) groups excluding carboxylic acids is 1. The van der Waals surface area contributed by atoms with Crippen molar-refractivity contribution in [3.8, 4) is 0 Å². The molecular weight excluding hydrogens is 343 g/mol. The molecule has 1 aliphatic rings. The molecule has 1 aromatic heterocycles. The average molecular weight is 355 g/mol. The first-order valence-corrected chi connectivity index (χ1v) is 7.53. The fraction of sp³-hybridized carbons (Fsp3) is 0.214. The molecular formula is C14H12Cl2N4O3. The van der Waals surface area contributed by atoms with Gasteiger partial charge in [0.15, 0.2) is 0 Å². The molecule has 0 bridgehead atoms. The number of H-pyrrole nitrogens is 2. The van der Waals surface area contributed by atoms with Crippen molar-refractivity contribution < 1.29 is 4.79 Å². The molecule has 0 fully saturated rings. The lowest BCUT2D eigenvalue weighted by Crippen LogP contribution is -2.34. The second kappa shape index (κ2) is 5.75. The number of amides is 1. The van der Waals surface area contributed by atoms with Gasteiger partial charge in [-0.25, -0.2) is 4.79 Å². The highest BCUT2D eigenvalue weighted by Crippen LogP contribution is 2.37. The topological polar surface area (TPSA) is 121 Å². The third-order valence-electron chi connectivity index (χ3n) is 3.77. The number of fused-ring (bicyclic) bond motifs is 1. The molecule has 1 amide bonds. The van der Waals surface area contributed by atoms with Crippen LogP contribution in [0.2, 0.25) is 10.0 Å². The highest BCUT2D eigenvalue weighted by molar-refractivity contribution is 6.35. The number of halogens is 2. The molecule has 120 valence electrons. The highest BCUT2D eigenvalue weighted by atomic mass is 35.5. The summed E-state index contributed by atoms with van der Waals surface area (Å²) in [4.78, 5) is 39.3. The molecule has 7 nitrogen and oxygen atoms in total. The lowest BCUT2D eigenvalue weighted by molar-refractivity contribution is 0.0932. The van der Waals surface area contributed by atoms with Crippen molar-refractivity contribution in [2.45, 2.75) is 18.9 Å². The summed E-state index contributed by atoms with van der Waals surface area (Å²) in [5, 5.41) is 3.76. The number of aromatic amines is 2. The minimum absolute atomic E-state index is 0.264. The van der Waals surface area contributed by atoms with E-state index < -0.39 is 17.2 Å². The van der Waals surface area contributed by atoms with Gasteiger partial charge in [0.05, 0.1) is 6.04 Å². The standard InChI is InChI=1S/C14H12Cl2N4O3/c15-5-3-7-6(8(16)4-5)1-2-9(7)18-13(22)11-10(17)12(21)20-14(23)19-11/h3-4,9H,1-2,17H2,(H,18,22)(H2,19,20,21,23)/t9-/m1/s1. The maximum Gasteiger partial charge on any atom is 0.326 e. The Morgan fingerprint density at radius 2 is 2.00 bits per heavy atom. The number of aromatic nitrogens is 2. The van der Waals surface area contributed by atoms with Crippen molar-refractivity contribution >= 4 is 34.8 Å². The van der Waals surface area contributed by atoms with Crippen molar-refractivity contribution in [1.29, 1.82) is 0 Å². The number of hydrogen-bond donors (Lipinski definition) is 4. The molecule has 0 spiro atoms. The first kappa shape index (κ1) is 15.6. The predicted molar refractivity (Wildman–Crippen MR) is 87.1 cm³/mol. The molecule has 1 aliphatic carbocycles. The van der Waals surface area contributed by atoms with E-state index in [9.17, 15) is 14.4 Å². The summed E-state index contributed by atoms with van der Waals surface area (Å²) >= 11 is 12.2. The number of nitrogens with one attached hydrogen (secondary N) is 3. The van der Waals surface area contributed by atoms with E-state index in [4.69, 9.17) is 28.9 Å². The lowest BCUT2D eigenvalue weighted by atomic mass is 10.1. The molecule has 0 unspecified atom stereocenters. The minimum Gasteiger partial charge on any atom is -0.392 e. The summed E-state index contributed by atoms with van der Waals surface area (Å²) in [5.74, 6) is -0.639. The zero-order valence-corrected chi connectivity index (χ0v) is 13.2. The van der Waals surface area contributed by atoms with Gasteiger partial charge >= 0.3 is 5.69 Å². The van der Waals surface area contributed by atoms with Crippen LogP contribution in [-0.4, -0.2) is 15.9 Å². The number of hydrogen-bond acceptors (Lipinski definition) is 4. The molecule has 1 atom stereocenters. The molecule has 5 N–H and O–H groups in total. The van der Waals surface area contributed by atoms with Gasteiger partial charge in [0.2, 0.25) is 0 Å². The van der Waals surface area contributed by atoms with E-state index >= 15 is 0 Å². The second-order valence-electron chi connectivity index (χ2n) is 5.22. The van der Waals surface area contributed by atoms with Crippen LogP contribution in [0.5, 0.6) is 0 Å². The van der Waals surface area contributed by atoms with Crippen LogP contribution in [0, 0.1) is 0 Å². The number of nitrogens with two attached hydrogens (primary N) is 1. The van der Waals surface area contributed by atoms with E-state index in [-0.39, 0.29) is 17.4 Å². The highest BCUT2D eigenvalue weighted by Gasteiger charge is 2.27. The first-order chi connectivity index (χ1) is 10.9. The monoisotopic (exact) mass is 354 g/mol. The summed E-state index contributed by atoms with van der Waals surface area (Å²) in [6.45, 7) is 0. The molecule has 1 aromatic carbocycles. The van der Waals surface area contributed by atoms with E-state index in [2.05, 4.69) is 10.3 Å². The van der Waals surface area contributed by atoms with Gasteiger partial charge in [0, 0.05) is 10.0 Å². The van der Waals surface area contributed by atoms with Gasteiger partial charge < -0.3 is 16.0 Å². The van der Waals surface area contributed by atoms with Gasteiger partial charge in [-0.15, -0.1) is 0 Å². The smallest absolute Gasteiger partial charge is 0.326 e. The third-order valence-corrected chi connectivity index (χ3v) is 4.32. The maximum atomic E-state index is 12.3. The Morgan fingerprint density at radius 1 is 1.26 bits per heavy atom. The molecule has 0 radical (unpaired) electrons. The predicted octanol–water partition coefficient (Wildman–Crippen LogP) is 1.37. The number of carbonyl (C=O) groups is 1. The number of nitrogen functional groups attached to an aromatic ring is 1. The van der Waals surface area contributed by atoms with Crippen LogP contribution >= 0.6 is 23.2 Å². The summed E-state index contributed by atoms with van der Waals surface area (Å²) < 4.78 is 0. The normalized spacial score (nSPS) is 16.2. The van der Waals surface area contributed by atoms with E-state index in [0.29, 0.717) is 22.9 Å². The van der Waals surface area contributed by atoms with E-state index in [1.54, 1.807) is 12.1 Å². The van der Waals surface area contributed by atoms with Crippen LogP contribution < -0.4 is 22.3 Å². The summed E-state index contributed by atoms with van der Waals surface area (Å²) in [5.41, 5.74) is 5.08. The first-order valence-electron chi connectivity index (χ1n) is 6.77. The van der Waals surface area contributed by atoms with Gasteiger partial charge in [-0.2, -0.15) is 0 Å². The van der Waals surface area contributed by atoms with Crippen LogP contribution in [0.4, 0.5) is 5.69 Å². The Bertz CT molecular complexity index is 919. The molecule has 0 saturated carbocycles. The van der Waals surface area contributed by atoms with E-state index in [0.717, 1.165) is 11.1 Å². The quantitative estimate of drug-likeness (QED) is 0.650. The van der Waals surface area contributed by atoms with Gasteiger partial charge in [-0.1, -0.05) is 23.2 Å². The van der Waals surface area contributed by atoms with Crippen LogP contribution in [0.25, 0.3) is 0 Å². The molecule has 23 heavy (non-hydrogen) atoms. The Kier molecular flexibility index (Phi) is 3.91. The molecule has 0 aliphatic heterocycles. The molecule has 3 rings (SSSR count). The lowest BCUT2D eigenvalue weighted by Gasteiger charge is -2.15. The maximum absolute atomic E-state index is 12.3. The largest absolute Gasteiger partial charge is 0.392 e. The van der Waals surface area contributed by atoms with Crippen LogP contribution in [0.1, 0.15) is 34.1 Å². The van der Waals surface area contributed by atoms with Crippen molar-refractivity contribution in [1.82, 2.24) is 15.3 Å². The summed E-state index contributed by atoms with van der Waals surface area (Å²) in [6.07, 6.45) is 1.33. The second-order valence-corrected chi connectivity index (χ2v) is 6.06. The molecule has 0 saturated heterocycles. The SMILES string of the molecule is Nc1c(C(=O)N[C@@H]2CCc3c(Cl)cc(Cl)cc32)[nH]c(=O)[nH]c1=O. The van der Waals surface area contributed by atoms with Crippen LogP contribution in [-0.2, 0) is 6.42 Å². The van der Waals surface area contributed by atoms with Crippen molar-refractivity contribution in [3.63, 3.8) is 0 Å². The molecule has 9 heteroatoms. The number of benzene rings is 1. The number of rotatable bonds is 2. The van der Waals surface area contributed by atoms with Crippen molar-refractivity contribution in [2.24, 2.45) is 0 Å². The van der Waals surface area contributed by atoms with Crippen molar-refractivity contribution in [3.05, 3.63) is 59.8 Å². The number of anilines is 1. The van der Waals surface area contributed by atoms with E-state index in [1.807, 2.05) is 4.98 Å². The Hall–Kier alpha value is -2.25. The van der Waals surface area contributed by atoms with Crippen LogP contribution in [0.3, 0.4) is 0 Å². The van der Waals surface area contributed by atoms with Gasteiger partial charge in [-0.3, -0.25) is 14.6 Å². The summed E-state index contributed by atoms with van der Waals surface area (Å²) in [6, 6.07) is 3.07. The fourth-order valence-corrected chi connectivity index (χ4v) is 3.30. The van der Waals surface area contributed by atoms with E-state index in [1.165, 1.54) is 0 Å². The van der Waals surface area contributed by atoms with Gasteiger partial charge in [-0.05, 0) is 36.1 Å². The third kappa shape index (κ3) is 2.85. The van der Waals surface area contributed by atoms with Gasteiger partial charge in [0.1, 0.15) is 11.4 Å². The summed E-state index contributed by atoms with van der Waals surface area (Å²) in [7, 11) is 0. The fourth-order valence-electron chi connectivity index (χ4n) is 2.70. The zero-order valence-electron chi connectivity index (χ0n) is 11.7. The minimum atomic E-state index is -0.809. The Morgan fingerprint density at radius 3 is 2.74 bits per heavy atom. The van der Waals surface area contributed by atoms with Crippen molar-refractivity contribution in [2.75, 3.05) is 5.73 Å². The molecule has 2 aromatic rings. The van der Waals surface area contributed by atoms with Crippen LogP contribution in [0.15, 0.2) is 21.7 Å². The Labute approximate surface area is 139 Å². The zero-order chi connectivity index (χ0) is 16.7. The average Bonchev–Trinajstić information content (AvgIpc) is 2.86.